The van der Waals surface area contributed by atoms with Crippen molar-refractivity contribution in [2.75, 3.05) is 40.4 Å². The highest BCUT2D eigenvalue weighted by atomic mass is 32.2. The summed E-state index contributed by atoms with van der Waals surface area (Å²) in [6.07, 6.45) is 2.24. The second kappa shape index (κ2) is 10.2. The van der Waals surface area contributed by atoms with E-state index < -0.39 is 15.4 Å². The Hall–Kier alpha value is -3.95. The first-order chi connectivity index (χ1) is 17.7. The third-order valence-corrected chi connectivity index (χ3v) is 8.25. The van der Waals surface area contributed by atoms with Crippen molar-refractivity contribution in [3.05, 3.63) is 59.8 Å². The van der Waals surface area contributed by atoms with Gasteiger partial charge in [0.15, 0.2) is 0 Å². The Labute approximate surface area is 216 Å². The second-order valence-electron chi connectivity index (χ2n) is 8.97. The molecule has 4 rings (SSSR count). The Bertz CT molecular complexity index is 1490. The van der Waals surface area contributed by atoms with Gasteiger partial charge < -0.3 is 20.0 Å². The zero-order valence-electron chi connectivity index (χ0n) is 20.7. The van der Waals surface area contributed by atoms with Crippen LogP contribution in [0.4, 0.5) is 23.0 Å². The first-order valence-corrected chi connectivity index (χ1v) is 13.2. The van der Waals surface area contributed by atoms with Gasteiger partial charge in [0.2, 0.25) is 16.0 Å². The monoisotopic (exact) mass is 517 g/mol. The molecule has 0 amide bonds. The Morgan fingerprint density at radius 2 is 2.11 bits per heavy atom. The molecule has 189 valence electrons. The highest BCUT2D eigenvalue weighted by molar-refractivity contribution is 7.92. The maximum absolute atomic E-state index is 12.2. The number of anilines is 4. The Morgan fingerprint density at radius 3 is 2.78 bits per heavy atom. The van der Waals surface area contributed by atoms with Gasteiger partial charge in [0.1, 0.15) is 12.3 Å². The van der Waals surface area contributed by atoms with E-state index in [1.807, 2.05) is 13.0 Å². The van der Waals surface area contributed by atoms with Crippen molar-refractivity contribution >= 4 is 46.6 Å². The number of aliphatic hydroxyl groups is 1. The lowest BCUT2D eigenvalue weighted by Gasteiger charge is -2.23. The number of nitriles is 1. The molecule has 12 heteroatoms. The van der Waals surface area contributed by atoms with Crippen LogP contribution < -0.4 is 14.4 Å². The molecule has 1 atom stereocenters. The molecule has 0 bridgehead atoms. The number of nitrogens with zero attached hydrogens (tertiary/aromatic N) is 5. The molecule has 2 aromatic carbocycles. The van der Waals surface area contributed by atoms with Crippen molar-refractivity contribution < 1.29 is 18.3 Å². The molecule has 10 nitrogen and oxygen atoms in total. The van der Waals surface area contributed by atoms with Gasteiger partial charge in [0.05, 0.1) is 29.3 Å². The zero-order valence-corrected chi connectivity index (χ0v) is 21.5. The number of carbonyl (C=O) groups is 1. The number of hydrogen-bond donors (Lipinski definition) is 2. The van der Waals surface area contributed by atoms with Crippen LogP contribution in [0.2, 0.25) is 0 Å². The molecular formula is C25H26BN6O4S. The molecule has 1 radical (unpaired) electrons. The van der Waals surface area contributed by atoms with Gasteiger partial charge in [0.25, 0.3) is 0 Å². The largest absolute Gasteiger partial charge is 0.410 e. The number of benzene rings is 2. The Morgan fingerprint density at radius 1 is 1.32 bits per heavy atom. The van der Waals surface area contributed by atoms with E-state index in [0.29, 0.717) is 46.6 Å². The first kappa shape index (κ1) is 26.1. The van der Waals surface area contributed by atoms with Crippen molar-refractivity contribution in [1.29, 1.82) is 5.26 Å². The fourth-order valence-electron chi connectivity index (χ4n) is 4.36. The summed E-state index contributed by atoms with van der Waals surface area (Å²) in [4.78, 5) is 21.7. The van der Waals surface area contributed by atoms with E-state index in [1.165, 1.54) is 18.8 Å². The molecular weight excluding hydrogens is 491 g/mol. The molecule has 3 aromatic rings. The fraction of sp³-hybridized carbons (Fsp3) is 0.280. The molecule has 0 saturated carbocycles. The molecule has 0 saturated heterocycles. The number of aromatic nitrogens is 2. The van der Waals surface area contributed by atoms with Gasteiger partial charge >= 0.3 is 7.41 Å². The van der Waals surface area contributed by atoms with E-state index >= 15 is 0 Å². The van der Waals surface area contributed by atoms with Crippen molar-refractivity contribution in [2.45, 2.75) is 19.3 Å². The molecule has 1 aromatic heterocycles. The molecule has 2 heterocycles. The van der Waals surface area contributed by atoms with Gasteiger partial charge in [-0.25, -0.2) is 18.4 Å². The van der Waals surface area contributed by atoms with Crippen molar-refractivity contribution in [3.8, 4) is 17.3 Å². The smallest absolute Gasteiger partial charge is 0.329 e. The van der Waals surface area contributed by atoms with Crippen LogP contribution >= 0.6 is 0 Å². The average molecular weight is 517 g/mol. The highest BCUT2D eigenvalue weighted by Crippen LogP contribution is 2.44. The van der Waals surface area contributed by atoms with E-state index in [0.717, 1.165) is 5.56 Å². The molecule has 0 aliphatic carbocycles. The van der Waals surface area contributed by atoms with Gasteiger partial charge in [-0.2, -0.15) is 5.26 Å². The van der Waals surface area contributed by atoms with E-state index in [-0.39, 0.29) is 18.3 Å². The van der Waals surface area contributed by atoms with Crippen LogP contribution in [-0.4, -0.2) is 63.0 Å². The van der Waals surface area contributed by atoms with Crippen molar-refractivity contribution in [2.24, 2.45) is 0 Å². The summed E-state index contributed by atoms with van der Waals surface area (Å²) in [5, 5.41) is 23.1. The summed E-state index contributed by atoms with van der Waals surface area (Å²) in [5.41, 5.74) is 3.37. The van der Waals surface area contributed by atoms with Crippen LogP contribution in [0.3, 0.4) is 0 Å². The minimum atomic E-state index is -3.41. The standard InChI is InChI=1S/C25H26BN6O4S/c1-4-37(35,36)31(3)20-7-5-6-19(12-20)29-24-28-9-8-22(30-24)17-10-18(13-27)23-21(11-17)25(2,15-33)14-32(23)26-16-34/h5-12,16,33H,4,14-15H2,1-3H3,(H,28,29,30). The van der Waals surface area contributed by atoms with Crippen LogP contribution in [0.25, 0.3) is 11.3 Å². The van der Waals surface area contributed by atoms with E-state index in [1.54, 1.807) is 54.3 Å². The lowest BCUT2D eigenvalue weighted by atomic mass is 9.83. The molecule has 1 unspecified atom stereocenters. The van der Waals surface area contributed by atoms with Crippen LogP contribution in [-0.2, 0) is 20.2 Å². The SMILES string of the molecule is CCS(=O)(=O)N(C)c1cccc(Nc2nccc(-c3cc(C#N)c4c(c3)C(C)(CO)CN4[B]C=O)n2)c1. The van der Waals surface area contributed by atoms with E-state index in [4.69, 9.17) is 0 Å². The average Bonchev–Trinajstić information content (AvgIpc) is 3.20. The summed E-state index contributed by atoms with van der Waals surface area (Å²) in [5.74, 6) is 0.272. The summed E-state index contributed by atoms with van der Waals surface area (Å²) < 4.78 is 25.7. The molecule has 0 fully saturated rings. The van der Waals surface area contributed by atoms with E-state index in [2.05, 4.69) is 21.4 Å². The zero-order chi connectivity index (χ0) is 26.8. The number of nitrogens with one attached hydrogen (secondary N) is 1. The number of fused-ring (bicyclic) bond motifs is 1. The highest BCUT2D eigenvalue weighted by Gasteiger charge is 2.40. The third-order valence-electron chi connectivity index (χ3n) is 6.48. The topological polar surface area (TPSA) is 140 Å². The Kier molecular flexibility index (Phi) is 7.20. The molecule has 37 heavy (non-hydrogen) atoms. The van der Waals surface area contributed by atoms with Gasteiger partial charge in [-0.05, 0) is 48.9 Å². The van der Waals surface area contributed by atoms with Gasteiger partial charge in [-0.1, -0.05) is 13.0 Å². The van der Waals surface area contributed by atoms with Crippen LogP contribution in [0, 0.1) is 11.3 Å². The van der Waals surface area contributed by atoms with Gasteiger partial charge in [0, 0.05) is 42.1 Å². The van der Waals surface area contributed by atoms with Crippen molar-refractivity contribution in [1.82, 2.24) is 9.97 Å². The summed E-state index contributed by atoms with van der Waals surface area (Å²) in [7, 11) is -0.541. The minimum Gasteiger partial charge on any atom is -0.410 e. The van der Waals surface area contributed by atoms with Crippen LogP contribution in [0.5, 0.6) is 0 Å². The number of carbonyl (C=O) groups excluding carboxylic acids is 1. The third kappa shape index (κ3) is 5.01. The second-order valence-corrected chi connectivity index (χ2v) is 11.3. The first-order valence-electron chi connectivity index (χ1n) is 11.6. The predicted octanol–water partition coefficient (Wildman–Crippen LogP) is 2.42. The number of hydrogen-bond acceptors (Lipinski definition) is 9. The maximum Gasteiger partial charge on any atom is 0.329 e. The fourth-order valence-corrected chi connectivity index (χ4v) is 5.18. The normalized spacial score (nSPS) is 16.6. The summed E-state index contributed by atoms with van der Waals surface area (Å²) >= 11 is 0. The number of aliphatic hydroxyl groups excluding tert-OH is 1. The lowest BCUT2D eigenvalue weighted by molar-refractivity contribution is 0.217. The molecule has 2 N–H and O–H groups in total. The Balaban J connectivity index is 1.70. The van der Waals surface area contributed by atoms with Crippen LogP contribution in [0.1, 0.15) is 25.0 Å². The molecule has 0 spiro atoms. The number of sulfonamides is 1. The quantitative estimate of drug-likeness (QED) is 0.324. The maximum atomic E-state index is 12.2. The summed E-state index contributed by atoms with van der Waals surface area (Å²) in [6.45, 7) is 3.67. The van der Waals surface area contributed by atoms with Gasteiger partial charge in [-0.15, -0.1) is 0 Å². The van der Waals surface area contributed by atoms with Crippen LogP contribution in [0.15, 0.2) is 48.7 Å². The summed E-state index contributed by atoms with van der Waals surface area (Å²) in [6, 6.07) is 14.4. The van der Waals surface area contributed by atoms with E-state index in [9.17, 15) is 23.6 Å². The molecule has 1 aliphatic heterocycles. The molecule has 1 aliphatic rings. The van der Waals surface area contributed by atoms with Gasteiger partial charge in [-0.3, -0.25) is 4.31 Å². The minimum absolute atomic E-state index is 0.0158. The number of rotatable bonds is 9. The van der Waals surface area contributed by atoms with Crippen molar-refractivity contribution in [3.63, 3.8) is 0 Å². The lowest BCUT2D eigenvalue weighted by Crippen LogP contribution is -2.36. The predicted molar refractivity (Wildman–Crippen MR) is 144 cm³/mol.